The van der Waals surface area contributed by atoms with Crippen molar-refractivity contribution in [2.24, 2.45) is 0 Å². The van der Waals surface area contributed by atoms with Crippen molar-refractivity contribution in [2.45, 2.75) is 0 Å². The van der Waals surface area contributed by atoms with Crippen molar-refractivity contribution in [3.8, 4) is 27.8 Å². The van der Waals surface area contributed by atoms with Crippen LogP contribution in [0.2, 0.25) is 0 Å². The first-order valence-electron chi connectivity index (χ1n) is 7.40. The number of rotatable bonds is 5. The van der Waals surface area contributed by atoms with E-state index in [1.54, 1.807) is 43.9 Å². The molecule has 0 radical (unpaired) electrons. The van der Waals surface area contributed by atoms with Crippen molar-refractivity contribution in [3.63, 3.8) is 0 Å². The molecule has 0 unspecified atom stereocenters. The third-order valence-electron chi connectivity index (χ3n) is 3.52. The molecule has 0 saturated carbocycles. The Bertz CT molecular complexity index is 908. The van der Waals surface area contributed by atoms with Crippen LogP contribution in [0.15, 0.2) is 47.8 Å². The molecule has 0 fully saturated rings. The summed E-state index contributed by atoms with van der Waals surface area (Å²) in [5.41, 5.74) is 1.34. The molecule has 128 valence electrons. The summed E-state index contributed by atoms with van der Waals surface area (Å²) in [6.45, 7) is 0. The molecule has 0 bridgehead atoms. The Morgan fingerprint density at radius 2 is 1.92 bits per heavy atom. The van der Waals surface area contributed by atoms with Crippen LogP contribution in [-0.2, 0) is 0 Å². The lowest BCUT2D eigenvalue weighted by molar-refractivity contribution is 0.102. The Morgan fingerprint density at radius 1 is 1.12 bits per heavy atom. The largest absolute Gasteiger partial charge is 0.506 e. The van der Waals surface area contributed by atoms with Crippen LogP contribution in [0.25, 0.3) is 10.6 Å². The highest BCUT2D eigenvalue weighted by Gasteiger charge is 2.17. The van der Waals surface area contributed by atoms with Gasteiger partial charge in [-0.05, 0) is 24.3 Å². The van der Waals surface area contributed by atoms with Crippen LogP contribution in [0.1, 0.15) is 10.5 Å². The molecule has 0 aliphatic heterocycles. The molecule has 1 amide bonds. The maximum atomic E-state index is 12.4. The van der Waals surface area contributed by atoms with Gasteiger partial charge in [-0.1, -0.05) is 18.2 Å². The van der Waals surface area contributed by atoms with E-state index in [1.807, 2.05) is 12.1 Å². The van der Waals surface area contributed by atoms with E-state index in [4.69, 9.17) is 9.47 Å². The Hall–Kier alpha value is -3.06. The molecule has 0 spiro atoms. The fourth-order valence-corrected chi connectivity index (χ4v) is 3.14. The normalized spacial score (nSPS) is 10.3. The van der Waals surface area contributed by atoms with Gasteiger partial charge < -0.3 is 19.9 Å². The van der Waals surface area contributed by atoms with E-state index in [-0.39, 0.29) is 11.4 Å². The van der Waals surface area contributed by atoms with E-state index < -0.39 is 5.91 Å². The first-order valence-corrected chi connectivity index (χ1v) is 8.28. The number of aromatic hydroxyl groups is 1. The smallest absolute Gasteiger partial charge is 0.275 e. The number of ether oxygens (including phenoxy) is 2. The number of nitrogens with one attached hydrogen (secondary N) is 1. The summed E-state index contributed by atoms with van der Waals surface area (Å²) in [7, 11) is 3.12. The van der Waals surface area contributed by atoms with Gasteiger partial charge in [-0.25, -0.2) is 4.98 Å². The van der Waals surface area contributed by atoms with E-state index in [0.717, 1.165) is 5.56 Å². The summed E-state index contributed by atoms with van der Waals surface area (Å²) in [4.78, 5) is 16.7. The highest BCUT2D eigenvalue weighted by molar-refractivity contribution is 7.13. The van der Waals surface area contributed by atoms with Gasteiger partial charge >= 0.3 is 0 Å². The van der Waals surface area contributed by atoms with Gasteiger partial charge in [0.25, 0.3) is 5.91 Å². The number of benzene rings is 2. The van der Waals surface area contributed by atoms with Crippen molar-refractivity contribution in [3.05, 3.63) is 53.5 Å². The van der Waals surface area contributed by atoms with E-state index in [0.29, 0.717) is 22.2 Å². The molecule has 2 aromatic carbocycles. The van der Waals surface area contributed by atoms with Crippen LogP contribution < -0.4 is 14.8 Å². The molecule has 0 atom stereocenters. The SMILES string of the molecule is COc1cccc(-c2nc(C(=O)Nc3ccccc3O)cs2)c1OC. The number of carbonyl (C=O) groups excluding carboxylic acids is 1. The summed E-state index contributed by atoms with van der Waals surface area (Å²) >= 11 is 1.32. The molecular weight excluding hydrogens is 340 g/mol. The summed E-state index contributed by atoms with van der Waals surface area (Å²) in [6.07, 6.45) is 0. The van der Waals surface area contributed by atoms with E-state index in [9.17, 15) is 9.90 Å². The van der Waals surface area contributed by atoms with Crippen LogP contribution in [0.3, 0.4) is 0 Å². The van der Waals surface area contributed by atoms with Gasteiger partial charge in [0.1, 0.15) is 16.5 Å². The second kappa shape index (κ2) is 7.23. The second-order valence-corrected chi connectivity index (χ2v) is 5.91. The quantitative estimate of drug-likeness (QED) is 0.680. The van der Waals surface area contributed by atoms with Crippen molar-refractivity contribution in [2.75, 3.05) is 19.5 Å². The van der Waals surface area contributed by atoms with Gasteiger partial charge in [0.05, 0.1) is 25.5 Å². The predicted molar refractivity (Wildman–Crippen MR) is 96.7 cm³/mol. The van der Waals surface area contributed by atoms with Crippen LogP contribution in [0.4, 0.5) is 5.69 Å². The highest BCUT2D eigenvalue weighted by Crippen LogP contribution is 2.39. The van der Waals surface area contributed by atoms with Crippen LogP contribution in [0.5, 0.6) is 17.2 Å². The van der Waals surface area contributed by atoms with Gasteiger partial charge in [0.2, 0.25) is 0 Å². The van der Waals surface area contributed by atoms with E-state index in [1.165, 1.54) is 17.4 Å². The number of hydrogen-bond donors (Lipinski definition) is 2. The van der Waals surface area contributed by atoms with Gasteiger partial charge in [-0.2, -0.15) is 0 Å². The van der Waals surface area contributed by atoms with Crippen molar-refractivity contribution in [1.29, 1.82) is 0 Å². The molecule has 3 rings (SSSR count). The zero-order chi connectivity index (χ0) is 17.8. The molecule has 1 aromatic heterocycles. The molecule has 7 heteroatoms. The van der Waals surface area contributed by atoms with E-state index >= 15 is 0 Å². The number of hydrogen-bond acceptors (Lipinski definition) is 6. The number of carbonyl (C=O) groups is 1. The number of methoxy groups -OCH3 is 2. The lowest BCUT2D eigenvalue weighted by atomic mass is 10.2. The number of phenols is 1. The Kier molecular flexibility index (Phi) is 4.85. The van der Waals surface area contributed by atoms with Crippen LogP contribution in [0, 0.1) is 0 Å². The number of amides is 1. The number of nitrogens with zero attached hydrogens (tertiary/aromatic N) is 1. The highest BCUT2D eigenvalue weighted by atomic mass is 32.1. The topological polar surface area (TPSA) is 80.7 Å². The predicted octanol–water partition coefficient (Wildman–Crippen LogP) is 3.79. The maximum Gasteiger partial charge on any atom is 0.275 e. The van der Waals surface area contributed by atoms with Gasteiger partial charge in [0.15, 0.2) is 11.5 Å². The third-order valence-corrected chi connectivity index (χ3v) is 4.40. The number of thiazole rings is 1. The fraction of sp³-hybridized carbons (Fsp3) is 0.111. The molecule has 1 heterocycles. The molecule has 0 aliphatic carbocycles. The Morgan fingerprint density at radius 3 is 2.64 bits per heavy atom. The molecule has 2 N–H and O–H groups in total. The van der Waals surface area contributed by atoms with Crippen LogP contribution >= 0.6 is 11.3 Å². The average molecular weight is 356 g/mol. The zero-order valence-corrected chi connectivity index (χ0v) is 14.5. The summed E-state index contributed by atoms with van der Waals surface area (Å²) in [6, 6.07) is 12.0. The summed E-state index contributed by atoms with van der Waals surface area (Å²) in [5.74, 6) is 0.758. The molecule has 6 nitrogen and oxygen atoms in total. The second-order valence-electron chi connectivity index (χ2n) is 5.05. The van der Waals surface area contributed by atoms with Crippen molar-refractivity contribution < 1.29 is 19.4 Å². The van der Waals surface area contributed by atoms with E-state index in [2.05, 4.69) is 10.3 Å². The minimum atomic E-state index is -0.397. The van der Waals surface area contributed by atoms with Crippen LogP contribution in [-0.4, -0.2) is 30.2 Å². The fourth-order valence-electron chi connectivity index (χ4n) is 2.32. The Balaban J connectivity index is 1.88. The maximum absolute atomic E-state index is 12.4. The van der Waals surface area contributed by atoms with Gasteiger partial charge in [-0.15, -0.1) is 11.3 Å². The summed E-state index contributed by atoms with van der Waals surface area (Å²) in [5, 5.41) is 14.7. The van der Waals surface area contributed by atoms with Crippen molar-refractivity contribution >= 4 is 22.9 Å². The monoisotopic (exact) mass is 356 g/mol. The zero-order valence-electron chi connectivity index (χ0n) is 13.6. The molecule has 3 aromatic rings. The standard InChI is InChI=1S/C18H16N2O4S/c1-23-15-9-5-6-11(16(15)24-2)18-20-13(10-25-18)17(22)19-12-7-3-4-8-14(12)21/h3-10,21H,1-2H3,(H,19,22). The molecule has 0 aliphatic rings. The molecule has 0 saturated heterocycles. The average Bonchev–Trinajstić information content (AvgIpc) is 3.13. The summed E-state index contributed by atoms with van der Waals surface area (Å²) < 4.78 is 10.7. The number of para-hydroxylation sites is 3. The number of aromatic nitrogens is 1. The first kappa shape index (κ1) is 16.8. The third kappa shape index (κ3) is 3.41. The Labute approximate surface area is 148 Å². The lowest BCUT2D eigenvalue weighted by Crippen LogP contribution is -2.12. The first-order chi connectivity index (χ1) is 12.1. The number of anilines is 1. The lowest BCUT2D eigenvalue weighted by Gasteiger charge is -2.10. The van der Waals surface area contributed by atoms with Crippen molar-refractivity contribution in [1.82, 2.24) is 4.98 Å². The minimum Gasteiger partial charge on any atom is -0.506 e. The number of phenolic OH excluding ortho intramolecular Hbond substituents is 1. The van der Waals surface area contributed by atoms with Gasteiger partial charge in [-0.3, -0.25) is 4.79 Å². The van der Waals surface area contributed by atoms with Gasteiger partial charge in [0, 0.05) is 5.38 Å². The molecular formula is C18H16N2O4S. The molecule has 25 heavy (non-hydrogen) atoms. The minimum absolute atomic E-state index is 0.000711.